The Morgan fingerprint density at radius 1 is 1.45 bits per heavy atom. The average Bonchev–Trinajstić information content (AvgIpc) is 2.41. The lowest BCUT2D eigenvalue weighted by atomic mass is 10.0. The van der Waals surface area contributed by atoms with Crippen molar-refractivity contribution in [2.45, 2.75) is 39.3 Å². The minimum atomic E-state index is 0.280. The normalized spacial score (nSPS) is 17.3. The van der Waals surface area contributed by atoms with Crippen molar-refractivity contribution in [1.29, 1.82) is 0 Å². The van der Waals surface area contributed by atoms with Crippen LogP contribution in [0.15, 0.2) is 24.3 Å². The van der Waals surface area contributed by atoms with Crippen molar-refractivity contribution in [2.75, 3.05) is 19.6 Å². The second kappa shape index (κ2) is 6.86. The van der Waals surface area contributed by atoms with Crippen LogP contribution >= 0.6 is 0 Å². The number of rotatable bonds is 5. The molecule has 4 heteroatoms. The summed E-state index contributed by atoms with van der Waals surface area (Å²) in [6.07, 6.45) is 2.28. The van der Waals surface area contributed by atoms with E-state index in [4.69, 9.17) is 0 Å². The molecular weight excluding hydrogens is 250 g/mol. The van der Waals surface area contributed by atoms with Crippen molar-refractivity contribution in [2.24, 2.45) is 0 Å². The maximum Gasteiger partial charge on any atom is 0.138 e. The fraction of sp³-hybridized carbons (Fsp3) is 0.562. The Balaban J connectivity index is 1.78. The molecule has 1 aliphatic rings. The highest BCUT2D eigenvalue weighted by Gasteiger charge is 2.18. The van der Waals surface area contributed by atoms with Gasteiger partial charge in [-0.05, 0) is 51.9 Å². The van der Waals surface area contributed by atoms with Gasteiger partial charge in [0.05, 0.1) is 5.69 Å². The number of likely N-dealkylation sites (tertiary alicyclic amines) is 1. The second-order valence-corrected chi connectivity index (χ2v) is 5.81. The first-order valence-corrected chi connectivity index (χ1v) is 7.30. The summed E-state index contributed by atoms with van der Waals surface area (Å²) in [7, 11) is 0. The summed E-state index contributed by atoms with van der Waals surface area (Å²) in [4.78, 5) is 6.82. The van der Waals surface area contributed by atoms with E-state index in [-0.39, 0.29) is 5.75 Å². The third-order valence-corrected chi connectivity index (χ3v) is 3.73. The van der Waals surface area contributed by atoms with Crippen molar-refractivity contribution >= 4 is 0 Å². The number of aromatic nitrogens is 1. The van der Waals surface area contributed by atoms with Crippen molar-refractivity contribution in [1.82, 2.24) is 15.2 Å². The van der Waals surface area contributed by atoms with Crippen LogP contribution in [-0.2, 0) is 6.54 Å². The Hall–Kier alpha value is -1.39. The summed E-state index contributed by atoms with van der Waals surface area (Å²) in [6, 6.07) is 4.06. The minimum Gasteiger partial charge on any atom is -0.506 e. The van der Waals surface area contributed by atoms with Crippen molar-refractivity contribution < 1.29 is 5.11 Å². The fourth-order valence-electron chi connectivity index (χ4n) is 2.65. The van der Waals surface area contributed by atoms with Crippen LogP contribution in [0.2, 0.25) is 0 Å². The van der Waals surface area contributed by atoms with Gasteiger partial charge in [0.2, 0.25) is 0 Å². The van der Waals surface area contributed by atoms with Crippen molar-refractivity contribution in [3.05, 3.63) is 35.7 Å². The highest BCUT2D eigenvalue weighted by molar-refractivity contribution is 5.27. The molecule has 1 fully saturated rings. The molecule has 1 saturated heterocycles. The molecule has 1 aromatic heterocycles. The standard InChI is InChI=1S/C16H25N3O/c1-12(2)11-19-8-6-14(7-9-19)17-10-15-16(20)5-4-13(3)18-15/h4-5,14,17,20H,1,6-11H2,2-3H3. The third kappa shape index (κ3) is 4.32. The first-order chi connectivity index (χ1) is 9.54. The molecule has 0 saturated carbocycles. The zero-order chi connectivity index (χ0) is 14.5. The molecule has 0 spiro atoms. The number of pyridine rings is 1. The van der Waals surface area contributed by atoms with E-state index in [0.717, 1.165) is 43.9 Å². The van der Waals surface area contributed by atoms with Crippen LogP contribution in [-0.4, -0.2) is 40.7 Å². The summed E-state index contributed by atoms with van der Waals surface area (Å²) >= 11 is 0. The Morgan fingerprint density at radius 3 is 2.80 bits per heavy atom. The molecule has 0 bridgehead atoms. The Bertz CT molecular complexity index is 465. The van der Waals surface area contributed by atoms with Gasteiger partial charge < -0.3 is 10.4 Å². The summed E-state index contributed by atoms with van der Waals surface area (Å²) in [5.74, 6) is 0.280. The number of hydrogen-bond acceptors (Lipinski definition) is 4. The smallest absolute Gasteiger partial charge is 0.138 e. The molecule has 0 atom stereocenters. The lowest BCUT2D eigenvalue weighted by molar-refractivity contribution is 0.210. The molecule has 2 N–H and O–H groups in total. The molecule has 20 heavy (non-hydrogen) atoms. The van der Waals surface area contributed by atoms with E-state index in [9.17, 15) is 5.11 Å². The molecule has 2 rings (SSSR count). The van der Waals surface area contributed by atoms with E-state index in [1.807, 2.05) is 13.0 Å². The lowest BCUT2D eigenvalue weighted by Gasteiger charge is -2.32. The van der Waals surface area contributed by atoms with Gasteiger partial charge in [-0.25, -0.2) is 0 Å². The van der Waals surface area contributed by atoms with E-state index in [2.05, 4.69) is 28.7 Å². The van der Waals surface area contributed by atoms with Crippen LogP contribution in [0.25, 0.3) is 0 Å². The fourth-order valence-corrected chi connectivity index (χ4v) is 2.65. The quantitative estimate of drug-likeness (QED) is 0.809. The highest BCUT2D eigenvalue weighted by atomic mass is 16.3. The molecule has 4 nitrogen and oxygen atoms in total. The number of aryl methyl sites for hydroxylation is 1. The van der Waals surface area contributed by atoms with Gasteiger partial charge in [0.1, 0.15) is 5.75 Å². The predicted molar refractivity (Wildman–Crippen MR) is 81.8 cm³/mol. The van der Waals surface area contributed by atoms with Crippen molar-refractivity contribution in [3.63, 3.8) is 0 Å². The Kier molecular flexibility index (Phi) is 5.15. The van der Waals surface area contributed by atoms with Crippen LogP contribution in [0.5, 0.6) is 5.75 Å². The summed E-state index contributed by atoms with van der Waals surface area (Å²) in [5, 5.41) is 13.3. The maximum atomic E-state index is 9.79. The van der Waals surface area contributed by atoms with Gasteiger partial charge in [-0.3, -0.25) is 9.88 Å². The molecular formula is C16H25N3O. The predicted octanol–water partition coefficient (Wildman–Crippen LogP) is 2.23. The van der Waals surface area contributed by atoms with Crippen LogP contribution in [0.4, 0.5) is 0 Å². The van der Waals surface area contributed by atoms with E-state index < -0.39 is 0 Å². The van der Waals surface area contributed by atoms with Crippen LogP contribution in [0.3, 0.4) is 0 Å². The van der Waals surface area contributed by atoms with Crippen LogP contribution in [0.1, 0.15) is 31.2 Å². The highest BCUT2D eigenvalue weighted by Crippen LogP contribution is 2.16. The lowest BCUT2D eigenvalue weighted by Crippen LogP contribution is -2.42. The number of hydrogen-bond donors (Lipinski definition) is 2. The number of aromatic hydroxyl groups is 1. The van der Waals surface area contributed by atoms with Crippen LogP contribution in [0, 0.1) is 6.92 Å². The van der Waals surface area contributed by atoms with Crippen LogP contribution < -0.4 is 5.32 Å². The Morgan fingerprint density at radius 2 is 2.15 bits per heavy atom. The average molecular weight is 275 g/mol. The molecule has 0 amide bonds. The van der Waals surface area contributed by atoms with E-state index >= 15 is 0 Å². The topological polar surface area (TPSA) is 48.4 Å². The second-order valence-electron chi connectivity index (χ2n) is 5.81. The van der Waals surface area contributed by atoms with Gasteiger partial charge in [0, 0.05) is 24.8 Å². The summed E-state index contributed by atoms with van der Waals surface area (Å²) < 4.78 is 0. The SMILES string of the molecule is C=C(C)CN1CCC(NCc2nc(C)ccc2O)CC1. The minimum absolute atomic E-state index is 0.280. The van der Waals surface area contributed by atoms with Gasteiger partial charge in [-0.1, -0.05) is 12.2 Å². The summed E-state index contributed by atoms with van der Waals surface area (Å²) in [6.45, 7) is 11.9. The van der Waals surface area contributed by atoms with E-state index in [0.29, 0.717) is 12.6 Å². The monoisotopic (exact) mass is 275 g/mol. The molecule has 110 valence electrons. The Labute approximate surface area is 121 Å². The first kappa shape index (κ1) is 15.0. The van der Waals surface area contributed by atoms with Gasteiger partial charge >= 0.3 is 0 Å². The van der Waals surface area contributed by atoms with Gasteiger partial charge in [-0.15, -0.1) is 0 Å². The summed E-state index contributed by atoms with van der Waals surface area (Å²) in [5.41, 5.74) is 2.91. The van der Waals surface area contributed by atoms with Crippen molar-refractivity contribution in [3.8, 4) is 5.75 Å². The largest absolute Gasteiger partial charge is 0.506 e. The zero-order valence-corrected chi connectivity index (χ0v) is 12.5. The van der Waals surface area contributed by atoms with E-state index in [1.165, 1.54) is 5.57 Å². The van der Waals surface area contributed by atoms with E-state index in [1.54, 1.807) is 6.07 Å². The molecule has 0 radical (unpaired) electrons. The van der Waals surface area contributed by atoms with Gasteiger partial charge in [0.25, 0.3) is 0 Å². The molecule has 0 unspecified atom stereocenters. The maximum absolute atomic E-state index is 9.79. The van der Waals surface area contributed by atoms with Gasteiger partial charge in [-0.2, -0.15) is 0 Å². The molecule has 0 aromatic carbocycles. The first-order valence-electron chi connectivity index (χ1n) is 7.30. The third-order valence-electron chi connectivity index (χ3n) is 3.73. The molecule has 0 aliphatic carbocycles. The number of piperidine rings is 1. The molecule has 2 heterocycles. The molecule has 1 aromatic rings. The number of nitrogens with zero attached hydrogens (tertiary/aromatic N) is 2. The van der Waals surface area contributed by atoms with Gasteiger partial charge in [0.15, 0.2) is 0 Å². The zero-order valence-electron chi connectivity index (χ0n) is 12.5. The molecule has 1 aliphatic heterocycles. The number of nitrogens with one attached hydrogen (secondary N) is 1.